The quantitative estimate of drug-likeness (QED) is 0.270. The van der Waals surface area contributed by atoms with Gasteiger partial charge in [0.1, 0.15) is 11.6 Å². The van der Waals surface area contributed by atoms with Crippen LogP contribution in [0, 0.1) is 12.7 Å². The van der Waals surface area contributed by atoms with E-state index in [-0.39, 0.29) is 37.8 Å². The normalized spacial score (nSPS) is 13.7. The Balaban J connectivity index is 1.36. The van der Waals surface area contributed by atoms with Crippen molar-refractivity contribution in [1.29, 1.82) is 0 Å². The predicted molar refractivity (Wildman–Crippen MR) is 150 cm³/mol. The topological polar surface area (TPSA) is 66.8 Å². The summed E-state index contributed by atoms with van der Waals surface area (Å²) in [5, 5.41) is 2.51. The average molecular weight is 581 g/mol. The van der Waals surface area contributed by atoms with E-state index in [9.17, 15) is 27.2 Å². The van der Waals surface area contributed by atoms with Gasteiger partial charge in [0.15, 0.2) is 0 Å². The van der Waals surface area contributed by atoms with Crippen LogP contribution in [0.1, 0.15) is 21.6 Å². The number of aromatic nitrogens is 1. The molecule has 0 aliphatic carbocycles. The molecule has 0 atom stereocenters. The smallest absolute Gasteiger partial charge is 0.416 e. The second kappa shape index (κ2) is 11.6. The zero-order valence-electron chi connectivity index (χ0n) is 22.9. The SMILES string of the molecule is COc1cccc(-c2cc(C(=O)N3CCN(C(=O)Nc4cccc(C(F)(F)F)c4)CC3)c(C)n2-c2ccccc2F)c1. The fourth-order valence-corrected chi connectivity index (χ4v) is 5.02. The second-order valence-corrected chi connectivity index (χ2v) is 9.84. The molecule has 7 nitrogen and oxygen atoms in total. The third-order valence-electron chi connectivity index (χ3n) is 7.23. The maximum absolute atomic E-state index is 15.0. The summed E-state index contributed by atoms with van der Waals surface area (Å²) in [4.78, 5) is 29.5. The number of carbonyl (C=O) groups excluding carboxylic acids is 2. The number of nitrogens with one attached hydrogen (secondary N) is 1. The molecule has 0 spiro atoms. The van der Waals surface area contributed by atoms with Gasteiger partial charge in [-0.05, 0) is 55.5 Å². The molecule has 11 heteroatoms. The number of benzene rings is 3. The summed E-state index contributed by atoms with van der Waals surface area (Å²) in [6.45, 7) is 2.56. The first kappa shape index (κ1) is 28.7. The van der Waals surface area contributed by atoms with E-state index in [2.05, 4.69) is 5.32 Å². The zero-order valence-corrected chi connectivity index (χ0v) is 22.9. The lowest BCUT2D eigenvalue weighted by Crippen LogP contribution is -2.51. The van der Waals surface area contributed by atoms with Gasteiger partial charge in [-0.1, -0.05) is 30.3 Å². The van der Waals surface area contributed by atoms with Crippen LogP contribution >= 0.6 is 0 Å². The van der Waals surface area contributed by atoms with E-state index >= 15 is 0 Å². The number of urea groups is 1. The van der Waals surface area contributed by atoms with E-state index in [1.54, 1.807) is 53.8 Å². The van der Waals surface area contributed by atoms with Crippen LogP contribution in [0.3, 0.4) is 0 Å². The first-order chi connectivity index (χ1) is 20.1. The summed E-state index contributed by atoms with van der Waals surface area (Å²) in [7, 11) is 1.55. The highest BCUT2D eigenvalue weighted by atomic mass is 19.4. The van der Waals surface area contributed by atoms with Gasteiger partial charge >= 0.3 is 12.2 Å². The summed E-state index contributed by atoms with van der Waals surface area (Å²) in [6.07, 6.45) is -4.53. The molecule has 1 aliphatic heterocycles. The van der Waals surface area contributed by atoms with E-state index < -0.39 is 23.6 Å². The number of amides is 3. The van der Waals surface area contributed by atoms with Crippen molar-refractivity contribution in [3.63, 3.8) is 0 Å². The number of methoxy groups -OCH3 is 1. The lowest BCUT2D eigenvalue weighted by molar-refractivity contribution is -0.137. The van der Waals surface area contributed by atoms with Crippen molar-refractivity contribution in [2.75, 3.05) is 38.6 Å². The summed E-state index contributed by atoms with van der Waals surface area (Å²) < 4.78 is 61.2. The lowest BCUT2D eigenvalue weighted by atomic mass is 10.1. The summed E-state index contributed by atoms with van der Waals surface area (Å²) >= 11 is 0. The van der Waals surface area contributed by atoms with Gasteiger partial charge in [0.25, 0.3) is 5.91 Å². The standard InChI is InChI=1S/C31H28F4N4O3/c1-20-25(19-28(21-7-5-10-24(17-21)42-2)39(20)27-12-4-3-11-26(27)32)29(40)37-13-15-38(16-14-37)30(41)36-23-9-6-8-22(18-23)31(33,34)35/h3-12,17-19H,13-16H2,1-2H3,(H,36,41). The number of para-hydroxylation sites is 1. The number of hydrogen-bond donors (Lipinski definition) is 1. The predicted octanol–water partition coefficient (Wildman–Crippen LogP) is 6.61. The highest BCUT2D eigenvalue weighted by molar-refractivity contribution is 5.98. The molecule has 1 fully saturated rings. The average Bonchev–Trinajstić information content (AvgIpc) is 3.33. The van der Waals surface area contributed by atoms with Crippen molar-refractivity contribution in [2.24, 2.45) is 0 Å². The number of anilines is 1. The molecular formula is C31H28F4N4O3. The van der Waals surface area contributed by atoms with Crippen LogP contribution in [-0.2, 0) is 6.18 Å². The minimum atomic E-state index is -4.53. The number of rotatable bonds is 5. The van der Waals surface area contributed by atoms with Crippen LogP contribution in [0.15, 0.2) is 78.9 Å². The van der Waals surface area contributed by atoms with Gasteiger partial charge in [0, 0.05) is 43.1 Å². The Bertz CT molecular complexity index is 1620. The molecule has 0 unspecified atom stereocenters. The fourth-order valence-electron chi connectivity index (χ4n) is 5.02. The van der Waals surface area contributed by atoms with E-state index in [1.165, 1.54) is 23.1 Å². The number of piperazine rings is 1. The molecule has 5 rings (SSSR count). The molecule has 2 heterocycles. The Hall–Kier alpha value is -4.80. The maximum Gasteiger partial charge on any atom is 0.416 e. The minimum absolute atomic E-state index is 0.0310. The molecule has 0 saturated carbocycles. The molecule has 0 bridgehead atoms. The van der Waals surface area contributed by atoms with E-state index in [0.717, 1.165) is 17.7 Å². The van der Waals surface area contributed by atoms with Crippen LogP contribution in [-0.4, -0.2) is 59.6 Å². The largest absolute Gasteiger partial charge is 0.497 e. The van der Waals surface area contributed by atoms with Crippen molar-refractivity contribution in [1.82, 2.24) is 14.4 Å². The molecule has 42 heavy (non-hydrogen) atoms. The second-order valence-electron chi connectivity index (χ2n) is 9.84. The summed E-state index contributed by atoms with van der Waals surface area (Å²) in [5.74, 6) is -0.108. The highest BCUT2D eigenvalue weighted by Crippen LogP contribution is 2.33. The van der Waals surface area contributed by atoms with Crippen LogP contribution < -0.4 is 10.1 Å². The summed E-state index contributed by atoms with van der Waals surface area (Å²) in [6, 6.07) is 19.2. The van der Waals surface area contributed by atoms with Gasteiger partial charge < -0.3 is 24.4 Å². The molecular weight excluding hydrogens is 552 g/mol. The molecule has 4 aromatic rings. The van der Waals surface area contributed by atoms with Crippen LogP contribution in [0.4, 0.5) is 28.0 Å². The Morgan fingerprint density at radius 3 is 2.24 bits per heavy atom. The minimum Gasteiger partial charge on any atom is -0.497 e. The van der Waals surface area contributed by atoms with Gasteiger partial charge in [0.2, 0.25) is 0 Å². The van der Waals surface area contributed by atoms with E-state index in [4.69, 9.17) is 4.74 Å². The molecule has 1 saturated heterocycles. The molecule has 1 aromatic heterocycles. The summed E-state index contributed by atoms with van der Waals surface area (Å²) in [5.41, 5.74) is 1.74. The van der Waals surface area contributed by atoms with E-state index in [1.807, 2.05) is 18.2 Å². The van der Waals surface area contributed by atoms with Crippen molar-refractivity contribution >= 4 is 17.6 Å². The van der Waals surface area contributed by atoms with Crippen molar-refractivity contribution in [3.05, 3.63) is 102 Å². The highest BCUT2D eigenvalue weighted by Gasteiger charge is 2.31. The third kappa shape index (κ3) is 5.81. The van der Waals surface area contributed by atoms with Gasteiger partial charge in [-0.2, -0.15) is 13.2 Å². The number of nitrogens with zero attached hydrogens (tertiary/aromatic N) is 3. The number of halogens is 4. The molecule has 3 amide bonds. The molecule has 3 aromatic carbocycles. The van der Waals surface area contributed by atoms with Gasteiger partial charge in [-0.25, -0.2) is 9.18 Å². The first-order valence-corrected chi connectivity index (χ1v) is 13.2. The van der Waals surface area contributed by atoms with Crippen LogP contribution in [0.25, 0.3) is 16.9 Å². The zero-order chi connectivity index (χ0) is 30.0. The fraction of sp³-hybridized carbons (Fsp3) is 0.226. The van der Waals surface area contributed by atoms with E-state index in [0.29, 0.717) is 28.4 Å². The van der Waals surface area contributed by atoms with Crippen molar-refractivity contribution in [3.8, 4) is 22.7 Å². The molecule has 0 radical (unpaired) electrons. The van der Waals surface area contributed by atoms with Crippen LogP contribution in [0.2, 0.25) is 0 Å². The van der Waals surface area contributed by atoms with Crippen molar-refractivity contribution in [2.45, 2.75) is 13.1 Å². The number of carbonyl (C=O) groups is 2. The van der Waals surface area contributed by atoms with Gasteiger partial charge in [-0.3, -0.25) is 4.79 Å². The number of alkyl halides is 3. The third-order valence-corrected chi connectivity index (χ3v) is 7.23. The Kier molecular flexibility index (Phi) is 7.93. The number of ether oxygens (including phenoxy) is 1. The molecule has 1 N–H and O–H groups in total. The molecule has 1 aliphatic rings. The molecule has 218 valence electrons. The Morgan fingerprint density at radius 1 is 0.857 bits per heavy atom. The maximum atomic E-state index is 15.0. The Morgan fingerprint density at radius 2 is 1.55 bits per heavy atom. The Labute approximate surface area is 239 Å². The van der Waals surface area contributed by atoms with Gasteiger partial charge in [0.05, 0.1) is 29.6 Å². The number of hydrogen-bond acceptors (Lipinski definition) is 3. The lowest BCUT2D eigenvalue weighted by Gasteiger charge is -2.34. The van der Waals surface area contributed by atoms with Gasteiger partial charge in [-0.15, -0.1) is 0 Å². The monoisotopic (exact) mass is 580 g/mol. The van der Waals surface area contributed by atoms with Crippen molar-refractivity contribution < 1.29 is 31.9 Å². The first-order valence-electron chi connectivity index (χ1n) is 13.2. The van der Waals surface area contributed by atoms with Crippen LogP contribution in [0.5, 0.6) is 5.75 Å².